The Bertz CT molecular complexity index is 454. The first-order valence-corrected chi connectivity index (χ1v) is 7.04. The van der Waals surface area contributed by atoms with Crippen LogP contribution in [0.4, 0.5) is 10.5 Å². The Hall–Kier alpha value is -1.59. The van der Waals surface area contributed by atoms with Crippen molar-refractivity contribution in [1.29, 1.82) is 0 Å². The van der Waals surface area contributed by atoms with E-state index in [0.29, 0.717) is 0 Å². The highest BCUT2D eigenvalue weighted by Gasteiger charge is 2.22. The number of piperidine rings is 1. The second-order valence-electron chi connectivity index (χ2n) is 5.27. The van der Waals surface area contributed by atoms with Crippen molar-refractivity contribution in [2.45, 2.75) is 31.9 Å². The largest absolute Gasteiger partial charge is 0.381 e. The van der Waals surface area contributed by atoms with Gasteiger partial charge in [0, 0.05) is 31.9 Å². The van der Waals surface area contributed by atoms with Crippen LogP contribution in [-0.2, 0) is 4.74 Å². The molecule has 110 valence electrons. The van der Waals surface area contributed by atoms with Crippen molar-refractivity contribution in [2.75, 3.05) is 25.5 Å². The number of benzene rings is 1. The molecule has 5 nitrogen and oxygen atoms in total. The number of rotatable bonds is 3. The van der Waals surface area contributed by atoms with Crippen LogP contribution in [0.5, 0.6) is 0 Å². The van der Waals surface area contributed by atoms with Crippen LogP contribution >= 0.6 is 0 Å². The number of carbonyl (C=O) groups excluding carboxylic acids is 1. The summed E-state index contributed by atoms with van der Waals surface area (Å²) < 4.78 is 5.31. The average molecular weight is 277 g/mol. The van der Waals surface area contributed by atoms with Crippen molar-refractivity contribution >= 4 is 11.7 Å². The van der Waals surface area contributed by atoms with Gasteiger partial charge in [-0.1, -0.05) is 12.1 Å². The second-order valence-corrected chi connectivity index (χ2v) is 5.27. The summed E-state index contributed by atoms with van der Waals surface area (Å²) in [4.78, 5) is 14.0. The lowest BCUT2D eigenvalue weighted by molar-refractivity contribution is 0.0521. The number of methoxy groups -OCH3 is 1. The van der Waals surface area contributed by atoms with E-state index in [4.69, 9.17) is 10.5 Å². The molecule has 1 aliphatic rings. The molecular formula is C15H23N3O2. The fourth-order valence-corrected chi connectivity index (χ4v) is 2.40. The first kappa shape index (κ1) is 14.8. The number of nitrogens with two attached hydrogens (primary N) is 1. The predicted octanol–water partition coefficient (Wildman–Crippen LogP) is 2.35. The Morgan fingerprint density at radius 2 is 2.15 bits per heavy atom. The van der Waals surface area contributed by atoms with Gasteiger partial charge in [-0.15, -0.1) is 0 Å². The molecule has 1 saturated heterocycles. The molecule has 0 bridgehead atoms. The molecule has 1 aliphatic heterocycles. The van der Waals surface area contributed by atoms with Crippen LogP contribution in [0.1, 0.15) is 31.4 Å². The van der Waals surface area contributed by atoms with Gasteiger partial charge in [-0.2, -0.15) is 0 Å². The van der Waals surface area contributed by atoms with Gasteiger partial charge in [-0.3, -0.25) is 0 Å². The summed E-state index contributed by atoms with van der Waals surface area (Å²) in [7, 11) is 1.72. The molecule has 3 N–H and O–H groups in total. The molecule has 20 heavy (non-hydrogen) atoms. The molecule has 1 aromatic carbocycles. The number of hydrogen-bond donors (Lipinski definition) is 2. The van der Waals surface area contributed by atoms with E-state index in [1.807, 2.05) is 36.1 Å². The summed E-state index contributed by atoms with van der Waals surface area (Å²) in [6, 6.07) is 7.58. The standard InChI is InChI=1S/C15H23N3O2/c1-11(16)12-4-3-5-13(10-12)17-15(19)18-8-6-14(20-2)7-9-18/h3-5,10-11,14H,6-9,16H2,1-2H3,(H,17,19). The van der Waals surface area contributed by atoms with E-state index < -0.39 is 0 Å². The van der Waals surface area contributed by atoms with Crippen LogP contribution in [0.2, 0.25) is 0 Å². The van der Waals surface area contributed by atoms with Crippen LogP contribution in [0.15, 0.2) is 24.3 Å². The van der Waals surface area contributed by atoms with Gasteiger partial charge < -0.3 is 20.7 Å². The van der Waals surface area contributed by atoms with Gasteiger partial charge in [0.05, 0.1) is 6.10 Å². The number of ether oxygens (including phenoxy) is 1. The quantitative estimate of drug-likeness (QED) is 0.891. The maximum absolute atomic E-state index is 12.2. The molecule has 0 radical (unpaired) electrons. The van der Waals surface area contributed by atoms with Gasteiger partial charge in [0.1, 0.15) is 0 Å². The number of nitrogens with zero attached hydrogens (tertiary/aromatic N) is 1. The normalized spacial score (nSPS) is 17.9. The third-order valence-electron chi connectivity index (χ3n) is 3.73. The topological polar surface area (TPSA) is 67.6 Å². The van der Waals surface area contributed by atoms with Gasteiger partial charge in [-0.25, -0.2) is 4.79 Å². The summed E-state index contributed by atoms with van der Waals surface area (Å²) in [6.45, 7) is 3.39. The van der Waals surface area contributed by atoms with Gasteiger partial charge >= 0.3 is 6.03 Å². The Morgan fingerprint density at radius 3 is 2.75 bits per heavy atom. The Kier molecular flexibility index (Phi) is 4.98. The molecule has 1 aromatic rings. The van der Waals surface area contributed by atoms with E-state index >= 15 is 0 Å². The lowest BCUT2D eigenvalue weighted by Gasteiger charge is -2.31. The number of nitrogens with one attached hydrogen (secondary N) is 1. The lowest BCUT2D eigenvalue weighted by Crippen LogP contribution is -2.42. The zero-order valence-corrected chi connectivity index (χ0v) is 12.1. The maximum Gasteiger partial charge on any atom is 0.321 e. The molecule has 5 heteroatoms. The van der Waals surface area contributed by atoms with Crippen molar-refractivity contribution in [1.82, 2.24) is 4.90 Å². The summed E-state index contributed by atoms with van der Waals surface area (Å²) in [5.74, 6) is 0. The van der Waals surface area contributed by atoms with Gasteiger partial charge in [0.25, 0.3) is 0 Å². The van der Waals surface area contributed by atoms with E-state index in [9.17, 15) is 4.79 Å². The minimum Gasteiger partial charge on any atom is -0.381 e. The van der Waals surface area contributed by atoms with E-state index in [0.717, 1.165) is 37.2 Å². The van der Waals surface area contributed by atoms with E-state index in [1.165, 1.54) is 0 Å². The van der Waals surface area contributed by atoms with Gasteiger partial charge in [0.2, 0.25) is 0 Å². The molecular weight excluding hydrogens is 254 g/mol. The Balaban J connectivity index is 1.93. The van der Waals surface area contributed by atoms with E-state index in [2.05, 4.69) is 5.32 Å². The fourth-order valence-electron chi connectivity index (χ4n) is 2.40. The van der Waals surface area contributed by atoms with Crippen molar-refractivity contribution in [2.24, 2.45) is 5.73 Å². The van der Waals surface area contributed by atoms with Gasteiger partial charge in [-0.05, 0) is 37.5 Å². The highest BCUT2D eigenvalue weighted by atomic mass is 16.5. The first-order valence-electron chi connectivity index (χ1n) is 7.04. The van der Waals surface area contributed by atoms with Crippen LogP contribution < -0.4 is 11.1 Å². The molecule has 1 unspecified atom stereocenters. The SMILES string of the molecule is COC1CCN(C(=O)Nc2cccc(C(C)N)c2)CC1. The molecule has 2 amide bonds. The summed E-state index contributed by atoms with van der Waals surface area (Å²) in [5, 5.41) is 2.93. The summed E-state index contributed by atoms with van der Waals surface area (Å²) >= 11 is 0. The fraction of sp³-hybridized carbons (Fsp3) is 0.533. The summed E-state index contributed by atoms with van der Waals surface area (Å²) in [6.07, 6.45) is 2.06. The molecule has 0 aromatic heterocycles. The Labute approximate surface area is 120 Å². The number of carbonyl (C=O) groups is 1. The lowest BCUT2D eigenvalue weighted by atomic mass is 10.1. The smallest absolute Gasteiger partial charge is 0.321 e. The molecule has 1 atom stereocenters. The number of urea groups is 1. The second kappa shape index (κ2) is 6.72. The van der Waals surface area contributed by atoms with Crippen LogP contribution in [0.3, 0.4) is 0 Å². The monoisotopic (exact) mass is 277 g/mol. The number of amides is 2. The number of anilines is 1. The Morgan fingerprint density at radius 1 is 1.45 bits per heavy atom. The zero-order chi connectivity index (χ0) is 14.5. The van der Waals surface area contributed by atoms with Crippen molar-refractivity contribution in [3.8, 4) is 0 Å². The third kappa shape index (κ3) is 3.71. The molecule has 1 heterocycles. The van der Waals surface area contributed by atoms with E-state index in [1.54, 1.807) is 7.11 Å². The van der Waals surface area contributed by atoms with Crippen LogP contribution in [-0.4, -0.2) is 37.2 Å². The molecule has 0 aliphatic carbocycles. The molecule has 0 saturated carbocycles. The van der Waals surface area contributed by atoms with Gasteiger partial charge in [0.15, 0.2) is 0 Å². The average Bonchev–Trinajstić information content (AvgIpc) is 2.47. The minimum absolute atomic E-state index is 0.0377. The van der Waals surface area contributed by atoms with Crippen LogP contribution in [0, 0.1) is 0 Å². The number of likely N-dealkylation sites (tertiary alicyclic amines) is 1. The zero-order valence-electron chi connectivity index (χ0n) is 12.1. The third-order valence-corrected chi connectivity index (χ3v) is 3.73. The minimum atomic E-state index is -0.0543. The van der Waals surface area contributed by atoms with Crippen molar-refractivity contribution < 1.29 is 9.53 Å². The number of hydrogen-bond acceptors (Lipinski definition) is 3. The van der Waals surface area contributed by atoms with Crippen molar-refractivity contribution in [3.05, 3.63) is 29.8 Å². The first-order chi connectivity index (χ1) is 9.60. The van der Waals surface area contributed by atoms with E-state index in [-0.39, 0.29) is 18.2 Å². The predicted molar refractivity (Wildman–Crippen MR) is 79.7 cm³/mol. The van der Waals surface area contributed by atoms with Crippen molar-refractivity contribution in [3.63, 3.8) is 0 Å². The molecule has 0 spiro atoms. The summed E-state index contributed by atoms with van der Waals surface area (Å²) in [5.41, 5.74) is 7.65. The highest BCUT2D eigenvalue weighted by Crippen LogP contribution is 2.18. The molecule has 2 rings (SSSR count). The molecule has 1 fully saturated rings. The van der Waals surface area contributed by atoms with Crippen LogP contribution in [0.25, 0.3) is 0 Å². The maximum atomic E-state index is 12.2. The highest BCUT2D eigenvalue weighted by molar-refractivity contribution is 5.89.